The van der Waals surface area contributed by atoms with Crippen molar-refractivity contribution in [3.8, 4) is 0 Å². The lowest BCUT2D eigenvalue weighted by molar-refractivity contribution is -0.123. The molecule has 0 heterocycles. The molecule has 1 atom stereocenters. The minimum absolute atomic E-state index is 0.0168. The van der Waals surface area contributed by atoms with Crippen molar-refractivity contribution >= 4 is 23.4 Å². The summed E-state index contributed by atoms with van der Waals surface area (Å²) in [5.74, 6) is -0.403. The number of benzene rings is 1. The monoisotopic (exact) mass is 296 g/mol. The van der Waals surface area contributed by atoms with Gasteiger partial charge in [-0.2, -0.15) is 0 Å². The smallest absolute Gasteiger partial charge is 0.251 e. The molecule has 5 heteroatoms. The first-order valence-corrected chi connectivity index (χ1v) is 7.17. The van der Waals surface area contributed by atoms with Gasteiger partial charge in [-0.15, -0.1) is 0 Å². The Labute approximate surface area is 124 Å². The maximum Gasteiger partial charge on any atom is 0.251 e. The predicted molar refractivity (Wildman–Crippen MR) is 80.8 cm³/mol. The number of amides is 2. The van der Waals surface area contributed by atoms with Gasteiger partial charge in [-0.1, -0.05) is 32.4 Å². The minimum Gasteiger partial charge on any atom is -0.354 e. The van der Waals surface area contributed by atoms with Gasteiger partial charge in [0.25, 0.3) is 5.91 Å². The van der Waals surface area contributed by atoms with E-state index in [1.165, 1.54) is 0 Å². The zero-order chi connectivity index (χ0) is 15.1. The van der Waals surface area contributed by atoms with Crippen LogP contribution in [0.1, 0.15) is 37.6 Å². The fourth-order valence-electron chi connectivity index (χ4n) is 1.72. The van der Waals surface area contributed by atoms with Gasteiger partial charge in [0.15, 0.2) is 0 Å². The zero-order valence-corrected chi connectivity index (χ0v) is 12.8. The lowest BCUT2D eigenvalue weighted by Crippen LogP contribution is -2.49. The summed E-state index contributed by atoms with van der Waals surface area (Å²) in [5, 5.41) is 6.14. The van der Waals surface area contributed by atoms with E-state index < -0.39 is 6.04 Å². The summed E-state index contributed by atoms with van der Waals surface area (Å²) in [5.41, 5.74) is 0.489. The Bertz CT molecular complexity index is 457. The standard InChI is InChI=1S/C15H21ClN2O2/c1-4-9-17-15(20)13(10(2)3)18-14(19)11-5-7-12(16)8-6-11/h5-8,10,13H,4,9H2,1-3H3,(H,17,20)(H,18,19)/t13-/m0/s1. The first-order chi connectivity index (χ1) is 9.45. The van der Waals surface area contributed by atoms with Crippen LogP contribution in [-0.2, 0) is 4.79 Å². The molecule has 0 bridgehead atoms. The molecule has 1 rings (SSSR count). The van der Waals surface area contributed by atoms with Crippen LogP contribution in [0.25, 0.3) is 0 Å². The summed E-state index contributed by atoms with van der Waals surface area (Å²) in [6.45, 7) is 6.40. The molecule has 2 amide bonds. The highest BCUT2D eigenvalue weighted by Crippen LogP contribution is 2.10. The Balaban J connectivity index is 2.72. The number of carbonyl (C=O) groups is 2. The van der Waals surface area contributed by atoms with Crippen molar-refractivity contribution in [2.75, 3.05) is 6.54 Å². The average molecular weight is 297 g/mol. The molecule has 0 unspecified atom stereocenters. The molecule has 0 aliphatic heterocycles. The van der Waals surface area contributed by atoms with Crippen LogP contribution in [0.3, 0.4) is 0 Å². The number of carbonyl (C=O) groups excluding carboxylic acids is 2. The van der Waals surface area contributed by atoms with Crippen molar-refractivity contribution in [1.82, 2.24) is 10.6 Å². The highest BCUT2D eigenvalue weighted by molar-refractivity contribution is 6.30. The molecule has 2 N–H and O–H groups in total. The van der Waals surface area contributed by atoms with E-state index in [2.05, 4.69) is 10.6 Å². The fraction of sp³-hybridized carbons (Fsp3) is 0.467. The zero-order valence-electron chi connectivity index (χ0n) is 12.1. The van der Waals surface area contributed by atoms with Crippen LogP contribution in [0.5, 0.6) is 0 Å². The topological polar surface area (TPSA) is 58.2 Å². The second kappa shape index (κ2) is 7.90. The van der Waals surface area contributed by atoms with Crippen LogP contribution in [0.4, 0.5) is 0 Å². The van der Waals surface area contributed by atoms with Gasteiger partial charge in [0, 0.05) is 17.1 Å². The SMILES string of the molecule is CCCNC(=O)[C@@H](NC(=O)c1ccc(Cl)cc1)C(C)C. The largest absolute Gasteiger partial charge is 0.354 e. The fourth-order valence-corrected chi connectivity index (χ4v) is 1.84. The normalized spacial score (nSPS) is 12.1. The third kappa shape index (κ3) is 4.85. The number of halogens is 1. The minimum atomic E-state index is -0.537. The molecule has 20 heavy (non-hydrogen) atoms. The van der Waals surface area contributed by atoms with E-state index in [0.717, 1.165) is 6.42 Å². The lowest BCUT2D eigenvalue weighted by Gasteiger charge is -2.21. The van der Waals surface area contributed by atoms with Crippen LogP contribution >= 0.6 is 11.6 Å². The molecule has 0 saturated heterocycles. The second-order valence-corrected chi connectivity index (χ2v) is 5.43. The van der Waals surface area contributed by atoms with Crippen molar-refractivity contribution in [3.05, 3.63) is 34.9 Å². The summed E-state index contributed by atoms with van der Waals surface area (Å²) in [6.07, 6.45) is 0.863. The highest BCUT2D eigenvalue weighted by Gasteiger charge is 2.24. The maximum absolute atomic E-state index is 12.1. The maximum atomic E-state index is 12.1. The predicted octanol–water partition coefficient (Wildman–Crippen LogP) is 2.62. The average Bonchev–Trinajstić information content (AvgIpc) is 2.42. The van der Waals surface area contributed by atoms with Crippen molar-refractivity contribution in [1.29, 1.82) is 0 Å². The Kier molecular flexibility index (Phi) is 6.52. The highest BCUT2D eigenvalue weighted by atomic mass is 35.5. The van der Waals surface area contributed by atoms with Gasteiger partial charge in [-0.05, 0) is 36.6 Å². The first-order valence-electron chi connectivity index (χ1n) is 6.79. The van der Waals surface area contributed by atoms with Crippen LogP contribution < -0.4 is 10.6 Å². The van der Waals surface area contributed by atoms with Gasteiger partial charge in [-0.3, -0.25) is 9.59 Å². The molecule has 0 spiro atoms. The van der Waals surface area contributed by atoms with E-state index in [1.54, 1.807) is 24.3 Å². The van der Waals surface area contributed by atoms with Crippen molar-refractivity contribution < 1.29 is 9.59 Å². The van der Waals surface area contributed by atoms with Gasteiger partial charge in [0.1, 0.15) is 6.04 Å². The quantitative estimate of drug-likeness (QED) is 0.848. The third-order valence-corrected chi connectivity index (χ3v) is 3.14. The number of hydrogen-bond donors (Lipinski definition) is 2. The summed E-state index contributed by atoms with van der Waals surface area (Å²) in [6, 6.07) is 6.04. The summed E-state index contributed by atoms with van der Waals surface area (Å²) < 4.78 is 0. The number of rotatable bonds is 6. The van der Waals surface area contributed by atoms with E-state index in [9.17, 15) is 9.59 Å². The lowest BCUT2D eigenvalue weighted by atomic mass is 10.0. The Morgan fingerprint density at radius 3 is 2.30 bits per heavy atom. The molecule has 110 valence electrons. The molecule has 0 aliphatic carbocycles. The summed E-state index contributed by atoms with van der Waals surface area (Å²) in [4.78, 5) is 24.1. The number of hydrogen-bond acceptors (Lipinski definition) is 2. The molecule has 0 aliphatic rings. The molecule has 0 fully saturated rings. The first kappa shape index (κ1) is 16.5. The van der Waals surface area contributed by atoms with Crippen molar-refractivity contribution in [2.45, 2.75) is 33.2 Å². The third-order valence-electron chi connectivity index (χ3n) is 2.89. The second-order valence-electron chi connectivity index (χ2n) is 4.99. The summed E-state index contributed by atoms with van der Waals surface area (Å²) >= 11 is 5.78. The van der Waals surface area contributed by atoms with E-state index in [-0.39, 0.29) is 17.7 Å². The molecule has 0 aromatic heterocycles. The summed E-state index contributed by atoms with van der Waals surface area (Å²) in [7, 11) is 0. The molecule has 1 aromatic rings. The van der Waals surface area contributed by atoms with E-state index in [0.29, 0.717) is 17.1 Å². The van der Waals surface area contributed by atoms with Crippen LogP contribution in [0.15, 0.2) is 24.3 Å². The molecule has 0 radical (unpaired) electrons. The van der Waals surface area contributed by atoms with E-state index >= 15 is 0 Å². The van der Waals surface area contributed by atoms with Crippen LogP contribution in [0, 0.1) is 5.92 Å². The Morgan fingerprint density at radius 1 is 1.20 bits per heavy atom. The van der Waals surface area contributed by atoms with Crippen LogP contribution in [-0.4, -0.2) is 24.4 Å². The van der Waals surface area contributed by atoms with Gasteiger partial charge < -0.3 is 10.6 Å². The van der Waals surface area contributed by atoms with Crippen molar-refractivity contribution in [2.24, 2.45) is 5.92 Å². The van der Waals surface area contributed by atoms with Gasteiger partial charge >= 0.3 is 0 Å². The van der Waals surface area contributed by atoms with E-state index in [1.807, 2.05) is 20.8 Å². The van der Waals surface area contributed by atoms with Gasteiger partial charge in [0.2, 0.25) is 5.91 Å². The molecular formula is C15H21ClN2O2. The Morgan fingerprint density at radius 2 is 1.80 bits per heavy atom. The van der Waals surface area contributed by atoms with Crippen molar-refractivity contribution in [3.63, 3.8) is 0 Å². The van der Waals surface area contributed by atoms with Gasteiger partial charge in [0.05, 0.1) is 0 Å². The molecule has 4 nitrogen and oxygen atoms in total. The Hall–Kier alpha value is -1.55. The number of nitrogens with one attached hydrogen (secondary N) is 2. The van der Waals surface area contributed by atoms with Gasteiger partial charge in [-0.25, -0.2) is 0 Å². The molecule has 0 saturated carbocycles. The molecular weight excluding hydrogens is 276 g/mol. The van der Waals surface area contributed by atoms with E-state index in [4.69, 9.17) is 11.6 Å². The molecule has 1 aromatic carbocycles. The van der Waals surface area contributed by atoms with Crippen LogP contribution in [0.2, 0.25) is 5.02 Å².